The lowest BCUT2D eigenvalue weighted by Gasteiger charge is -2.38. The monoisotopic (exact) mass is 512 g/mol. The summed E-state index contributed by atoms with van der Waals surface area (Å²) in [7, 11) is 0. The molecule has 200 valence electrons. The highest BCUT2D eigenvalue weighted by Gasteiger charge is 2.34. The number of amides is 1. The number of rotatable bonds is 11. The Bertz CT molecular complexity index is 1050. The number of likely N-dealkylation sites (tertiary alicyclic amines) is 1. The standard InChI is InChI=1S/C28H36N2O7/c31-18-19-8-10-20(11-9-19)25-15-24(17-30-13-12-23(32)16-30)36-28(37-25)21-4-3-5-22(14-21)29-26(33)6-1-2-7-27(34)35/h3-5,8-11,14,23-25,28,31-32H,1-2,6-7,12-13,15-18H2,(H,29,33)(H,34,35)/t23-,24+,25-,28-/m0/s1. The molecule has 9 nitrogen and oxygen atoms in total. The number of nitrogens with one attached hydrogen (secondary N) is 1. The van der Waals surface area contributed by atoms with Gasteiger partial charge in [-0.05, 0) is 42.5 Å². The van der Waals surface area contributed by atoms with Gasteiger partial charge in [0, 0.05) is 50.1 Å². The lowest BCUT2D eigenvalue weighted by atomic mass is 9.99. The smallest absolute Gasteiger partial charge is 0.303 e. The highest BCUT2D eigenvalue weighted by molar-refractivity contribution is 5.90. The largest absolute Gasteiger partial charge is 0.481 e. The molecular weight excluding hydrogens is 476 g/mol. The summed E-state index contributed by atoms with van der Waals surface area (Å²) in [4.78, 5) is 25.2. The van der Waals surface area contributed by atoms with Crippen molar-refractivity contribution < 1.29 is 34.4 Å². The predicted molar refractivity (Wildman–Crippen MR) is 137 cm³/mol. The minimum atomic E-state index is -0.859. The maximum atomic E-state index is 12.3. The first-order valence-electron chi connectivity index (χ1n) is 12.9. The fourth-order valence-corrected chi connectivity index (χ4v) is 4.85. The van der Waals surface area contributed by atoms with E-state index in [2.05, 4.69) is 10.2 Å². The fourth-order valence-electron chi connectivity index (χ4n) is 4.85. The van der Waals surface area contributed by atoms with Crippen LogP contribution in [0, 0.1) is 0 Å². The number of β-amino-alcohol motifs (C(OH)–C–C–N with tert-alkyl or cyclic N) is 1. The van der Waals surface area contributed by atoms with Crippen LogP contribution in [-0.2, 0) is 25.7 Å². The van der Waals surface area contributed by atoms with Crippen molar-refractivity contribution in [2.24, 2.45) is 0 Å². The molecule has 2 aliphatic rings. The van der Waals surface area contributed by atoms with E-state index in [0.29, 0.717) is 38.0 Å². The summed E-state index contributed by atoms with van der Waals surface area (Å²) in [6, 6.07) is 15.1. The quantitative estimate of drug-likeness (QED) is 0.338. The van der Waals surface area contributed by atoms with E-state index in [0.717, 1.165) is 29.7 Å². The molecule has 0 saturated carbocycles. The molecule has 0 spiro atoms. The molecule has 2 saturated heterocycles. The van der Waals surface area contributed by atoms with Crippen LogP contribution in [0.15, 0.2) is 48.5 Å². The van der Waals surface area contributed by atoms with Crippen molar-refractivity contribution in [3.8, 4) is 0 Å². The van der Waals surface area contributed by atoms with Gasteiger partial charge in [0.05, 0.1) is 24.9 Å². The van der Waals surface area contributed by atoms with Crippen LogP contribution >= 0.6 is 0 Å². The maximum Gasteiger partial charge on any atom is 0.303 e. The molecule has 4 rings (SSSR count). The molecule has 4 N–H and O–H groups in total. The van der Waals surface area contributed by atoms with Gasteiger partial charge in [-0.25, -0.2) is 0 Å². The number of ether oxygens (including phenoxy) is 2. The Balaban J connectivity index is 1.44. The van der Waals surface area contributed by atoms with Crippen molar-refractivity contribution in [3.63, 3.8) is 0 Å². The van der Waals surface area contributed by atoms with Crippen molar-refractivity contribution in [3.05, 3.63) is 65.2 Å². The molecule has 0 bridgehead atoms. The van der Waals surface area contributed by atoms with Gasteiger partial charge < -0.3 is 30.1 Å². The zero-order valence-corrected chi connectivity index (χ0v) is 20.9. The molecule has 37 heavy (non-hydrogen) atoms. The van der Waals surface area contributed by atoms with Crippen LogP contribution in [0.1, 0.15) is 67.6 Å². The number of carbonyl (C=O) groups is 2. The summed E-state index contributed by atoms with van der Waals surface area (Å²) >= 11 is 0. The number of aliphatic hydroxyl groups is 2. The predicted octanol–water partition coefficient (Wildman–Crippen LogP) is 3.37. The van der Waals surface area contributed by atoms with Crippen LogP contribution < -0.4 is 5.32 Å². The van der Waals surface area contributed by atoms with Crippen molar-refractivity contribution in [1.82, 2.24) is 4.90 Å². The second-order valence-corrected chi connectivity index (χ2v) is 9.83. The number of hydrogen-bond acceptors (Lipinski definition) is 7. The summed E-state index contributed by atoms with van der Waals surface area (Å²) in [5, 5.41) is 31.0. The van der Waals surface area contributed by atoms with Crippen LogP contribution in [0.5, 0.6) is 0 Å². The van der Waals surface area contributed by atoms with Crippen LogP contribution in [-0.4, -0.2) is 63.9 Å². The Morgan fingerprint density at radius 3 is 2.51 bits per heavy atom. The SMILES string of the molecule is O=C(O)CCCCC(=O)Nc1cccc([C@H]2O[C@@H](CN3CC[C@H](O)C3)C[C@@H](c3ccc(CO)cc3)O2)c1. The third-order valence-corrected chi connectivity index (χ3v) is 6.81. The van der Waals surface area contributed by atoms with Crippen molar-refractivity contribution in [1.29, 1.82) is 0 Å². The second-order valence-electron chi connectivity index (χ2n) is 9.83. The molecule has 4 atom stereocenters. The Labute approximate surface area is 217 Å². The summed E-state index contributed by atoms with van der Waals surface area (Å²) in [6.45, 7) is 2.13. The number of carbonyl (C=O) groups excluding carboxylic acids is 1. The van der Waals surface area contributed by atoms with Gasteiger partial charge in [0.2, 0.25) is 5.91 Å². The van der Waals surface area contributed by atoms with Gasteiger partial charge in [-0.15, -0.1) is 0 Å². The summed E-state index contributed by atoms with van der Waals surface area (Å²) in [6.07, 6.45) is 1.44. The summed E-state index contributed by atoms with van der Waals surface area (Å²) in [5.41, 5.74) is 3.25. The number of nitrogens with zero attached hydrogens (tertiary/aromatic N) is 1. The summed E-state index contributed by atoms with van der Waals surface area (Å²) < 4.78 is 12.8. The molecule has 2 heterocycles. The number of unbranched alkanes of at least 4 members (excludes halogenated alkanes) is 1. The van der Waals surface area contributed by atoms with Gasteiger partial charge in [0.15, 0.2) is 6.29 Å². The van der Waals surface area contributed by atoms with Crippen LogP contribution in [0.2, 0.25) is 0 Å². The zero-order valence-electron chi connectivity index (χ0n) is 20.9. The van der Waals surface area contributed by atoms with Gasteiger partial charge in [0.1, 0.15) is 0 Å². The van der Waals surface area contributed by atoms with Gasteiger partial charge in [0.25, 0.3) is 0 Å². The normalized spacial score (nSPS) is 24.2. The van der Waals surface area contributed by atoms with E-state index in [1.165, 1.54) is 0 Å². The Morgan fingerprint density at radius 1 is 1.03 bits per heavy atom. The number of carboxylic acid groups (broad SMARTS) is 1. The molecule has 2 fully saturated rings. The number of anilines is 1. The van der Waals surface area contributed by atoms with E-state index in [4.69, 9.17) is 14.6 Å². The summed E-state index contributed by atoms with van der Waals surface area (Å²) in [5.74, 6) is -1.03. The Hall–Kier alpha value is -2.82. The fraction of sp³-hybridized carbons (Fsp3) is 0.500. The van der Waals surface area contributed by atoms with E-state index in [-0.39, 0.29) is 43.7 Å². The van der Waals surface area contributed by atoms with Gasteiger partial charge in [-0.2, -0.15) is 0 Å². The van der Waals surface area contributed by atoms with Gasteiger partial charge >= 0.3 is 5.97 Å². The second kappa shape index (κ2) is 13.1. The first-order valence-corrected chi connectivity index (χ1v) is 12.9. The number of aliphatic hydroxyl groups excluding tert-OH is 2. The zero-order chi connectivity index (χ0) is 26.2. The first-order chi connectivity index (χ1) is 17.9. The highest BCUT2D eigenvalue weighted by Crippen LogP contribution is 2.39. The van der Waals surface area contributed by atoms with Crippen molar-refractivity contribution >= 4 is 17.6 Å². The lowest BCUT2D eigenvalue weighted by Crippen LogP contribution is -2.38. The molecule has 2 aromatic rings. The first kappa shape index (κ1) is 27.2. The highest BCUT2D eigenvalue weighted by atomic mass is 16.7. The third kappa shape index (κ3) is 8.08. The van der Waals surface area contributed by atoms with Gasteiger partial charge in [-0.1, -0.05) is 36.4 Å². The molecule has 2 aromatic carbocycles. The van der Waals surface area contributed by atoms with Crippen LogP contribution in [0.4, 0.5) is 5.69 Å². The van der Waals surface area contributed by atoms with Crippen molar-refractivity contribution in [2.75, 3.05) is 25.0 Å². The van der Waals surface area contributed by atoms with Crippen LogP contribution in [0.3, 0.4) is 0 Å². The average Bonchev–Trinajstić information content (AvgIpc) is 3.30. The van der Waals surface area contributed by atoms with E-state index in [1.807, 2.05) is 42.5 Å². The molecule has 0 aliphatic carbocycles. The Kier molecular flexibility index (Phi) is 9.65. The Morgan fingerprint density at radius 2 is 1.81 bits per heavy atom. The third-order valence-electron chi connectivity index (χ3n) is 6.81. The molecule has 1 amide bonds. The minimum absolute atomic E-state index is 0.0183. The molecule has 0 unspecified atom stereocenters. The molecule has 0 aromatic heterocycles. The average molecular weight is 513 g/mol. The minimum Gasteiger partial charge on any atom is -0.481 e. The van der Waals surface area contributed by atoms with Gasteiger partial charge in [-0.3, -0.25) is 14.5 Å². The topological polar surface area (TPSA) is 129 Å². The number of benzene rings is 2. The molecule has 2 aliphatic heterocycles. The lowest BCUT2D eigenvalue weighted by molar-refractivity contribution is -0.252. The number of aliphatic carboxylic acids is 1. The number of carboxylic acids is 1. The molecule has 0 radical (unpaired) electrons. The van der Waals surface area contributed by atoms with E-state index in [1.54, 1.807) is 6.07 Å². The molecule has 9 heteroatoms. The van der Waals surface area contributed by atoms with E-state index in [9.17, 15) is 19.8 Å². The van der Waals surface area contributed by atoms with Crippen molar-refractivity contribution in [2.45, 2.75) is 69.7 Å². The molecular formula is C28H36N2O7. The van der Waals surface area contributed by atoms with Crippen LogP contribution in [0.25, 0.3) is 0 Å². The van der Waals surface area contributed by atoms with E-state index >= 15 is 0 Å². The number of hydrogen-bond donors (Lipinski definition) is 4. The van der Waals surface area contributed by atoms with E-state index < -0.39 is 12.3 Å². The maximum absolute atomic E-state index is 12.3.